The molecule has 0 amide bonds. The molecule has 0 radical (unpaired) electrons. The zero-order chi connectivity index (χ0) is 22.5. The number of hydrogen-bond acceptors (Lipinski definition) is 4. The molecular formula is C24H36IN3O3S. The molecule has 0 unspecified atom stereocenters. The summed E-state index contributed by atoms with van der Waals surface area (Å²) in [6.45, 7) is 7.44. The van der Waals surface area contributed by atoms with Gasteiger partial charge in [-0.05, 0) is 55.9 Å². The predicted molar refractivity (Wildman–Crippen MR) is 143 cm³/mol. The Hall–Kier alpha value is -1.65. The molecule has 2 N–H and O–H groups in total. The van der Waals surface area contributed by atoms with Crippen molar-refractivity contribution in [2.24, 2.45) is 4.99 Å². The first-order valence-corrected chi connectivity index (χ1v) is 12.7. The van der Waals surface area contributed by atoms with Crippen LogP contribution >= 0.6 is 24.0 Å². The number of hydrogen-bond donors (Lipinski definition) is 2. The normalized spacial score (nSPS) is 11.7. The fourth-order valence-electron chi connectivity index (χ4n) is 3.21. The SMILES string of the molecule is CCNC(=NCc1ccc(S(C)(=O)=O)c(C)c1)NCCCCOCCc1ccccc1.I. The molecule has 2 rings (SSSR count). The molecular weight excluding hydrogens is 537 g/mol. The number of aliphatic imine (C=N–C) groups is 1. The molecule has 2 aromatic carbocycles. The van der Waals surface area contributed by atoms with Gasteiger partial charge in [-0.25, -0.2) is 13.4 Å². The number of halogens is 1. The maximum Gasteiger partial charge on any atom is 0.191 e. The first-order chi connectivity index (χ1) is 14.9. The van der Waals surface area contributed by atoms with E-state index in [0.29, 0.717) is 11.4 Å². The molecule has 8 heteroatoms. The Morgan fingerprint density at radius 3 is 2.41 bits per heavy atom. The van der Waals surface area contributed by atoms with E-state index in [1.165, 1.54) is 11.8 Å². The molecule has 0 aliphatic heterocycles. The Kier molecular flexibility index (Phi) is 13.5. The molecule has 32 heavy (non-hydrogen) atoms. The smallest absolute Gasteiger partial charge is 0.191 e. The Morgan fingerprint density at radius 2 is 1.75 bits per heavy atom. The number of rotatable bonds is 12. The van der Waals surface area contributed by atoms with Crippen LogP contribution in [0.1, 0.15) is 36.5 Å². The molecule has 0 aliphatic rings. The molecule has 0 fully saturated rings. The van der Waals surface area contributed by atoms with Gasteiger partial charge in [0.1, 0.15) is 0 Å². The number of benzene rings is 2. The van der Waals surface area contributed by atoms with Crippen molar-refractivity contribution in [1.82, 2.24) is 10.6 Å². The fraction of sp³-hybridized carbons (Fsp3) is 0.458. The third-order valence-electron chi connectivity index (χ3n) is 4.79. The molecule has 0 saturated heterocycles. The standard InChI is InChI=1S/C24H35N3O3S.HI/c1-4-25-24(27-19-22-12-13-23(20(2)18-22)31(3,28)29)26-15-8-9-16-30-17-14-21-10-6-5-7-11-21;/h5-7,10-13,18H,4,8-9,14-17,19H2,1-3H3,(H2,25,26,27);1H. The average molecular weight is 574 g/mol. The Labute approximate surface area is 210 Å². The zero-order valence-corrected chi connectivity index (χ0v) is 22.4. The highest BCUT2D eigenvalue weighted by molar-refractivity contribution is 14.0. The van der Waals surface area contributed by atoms with Gasteiger partial charge in [-0.2, -0.15) is 0 Å². The third kappa shape index (κ3) is 10.8. The van der Waals surface area contributed by atoms with E-state index in [0.717, 1.165) is 62.7 Å². The van der Waals surface area contributed by atoms with Gasteiger partial charge < -0.3 is 15.4 Å². The van der Waals surface area contributed by atoms with E-state index in [2.05, 4.69) is 39.9 Å². The summed E-state index contributed by atoms with van der Waals surface area (Å²) in [5.74, 6) is 0.761. The molecule has 178 valence electrons. The molecule has 0 bridgehead atoms. The van der Waals surface area contributed by atoms with Gasteiger partial charge in [-0.3, -0.25) is 0 Å². The first-order valence-electron chi connectivity index (χ1n) is 10.8. The van der Waals surface area contributed by atoms with Crippen LogP contribution in [0.5, 0.6) is 0 Å². The van der Waals surface area contributed by atoms with Crippen molar-refractivity contribution in [2.75, 3.05) is 32.6 Å². The number of nitrogens with zero attached hydrogens (tertiary/aromatic N) is 1. The molecule has 0 spiro atoms. The van der Waals surface area contributed by atoms with Crippen LogP contribution in [0.2, 0.25) is 0 Å². The van der Waals surface area contributed by atoms with E-state index in [1.807, 2.05) is 32.0 Å². The first kappa shape index (κ1) is 28.4. The van der Waals surface area contributed by atoms with E-state index < -0.39 is 9.84 Å². The van der Waals surface area contributed by atoms with E-state index in [1.54, 1.807) is 6.07 Å². The second-order valence-electron chi connectivity index (χ2n) is 7.55. The largest absolute Gasteiger partial charge is 0.381 e. The highest BCUT2D eigenvalue weighted by atomic mass is 127. The number of ether oxygens (including phenoxy) is 1. The Morgan fingerprint density at radius 1 is 1.00 bits per heavy atom. The van der Waals surface area contributed by atoms with Crippen molar-refractivity contribution in [3.8, 4) is 0 Å². The summed E-state index contributed by atoms with van der Waals surface area (Å²) in [5.41, 5.74) is 3.03. The van der Waals surface area contributed by atoms with Crippen LogP contribution in [-0.2, 0) is 27.5 Å². The monoisotopic (exact) mass is 573 g/mol. The fourth-order valence-corrected chi connectivity index (χ4v) is 4.17. The molecule has 0 heterocycles. The lowest BCUT2D eigenvalue weighted by Crippen LogP contribution is -2.37. The molecule has 0 aliphatic carbocycles. The van der Waals surface area contributed by atoms with Crippen LogP contribution in [0.15, 0.2) is 58.4 Å². The summed E-state index contributed by atoms with van der Waals surface area (Å²) in [4.78, 5) is 4.98. The number of guanidine groups is 1. The van der Waals surface area contributed by atoms with Crippen molar-refractivity contribution in [1.29, 1.82) is 0 Å². The van der Waals surface area contributed by atoms with Crippen molar-refractivity contribution in [3.05, 3.63) is 65.2 Å². The van der Waals surface area contributed by atoms with E-state index >= 15 is 0 Å². The minimum atomic E-state index is -3.20. The van der Waals surface area contributed by atoms with Crippen LogP contribution in [0.3, 0.4) is 0 Å². The van der Waals surface area contributed by atoms with Gasteiger partial charge in [0.05, 0.1) is 18.0 Å². The van der Waals surface area contributed by atoms with Gasteiger partial charge in [0.25, 0.3) is 0 Å². The van der Waals surface area contributed by atoms with Crippen LogP contribution in [0.4, 0.5) is 0 Å². The van der Waals surface area contributed by atoms with Gasteiger partial charge in [0, 0.05) is 26.0 Å². The molecule has 0 atom stereocenters. The van der Waals surface area contributed by atoms with Gasteiger partial charge in [0.2, 0.25) is 0 Å². The van der Waals surface area contributed by atoms with E-state index in [-0.39, 0.29) is 24.0 Å². The number of unbranched alkanes of at least 4 members (excludes halogenated alkanes) is 1. The highest BCUT2D eigenvalue weighted by Crippen LogP contribution is 2.17. The lowest BCUT2D eigenvalue weighted by molar-refractivity contribution is 0.133. The van der Waals surface area contributed by atoms with Crippen LogP contribution < -0.4 is 10.6 Å². The lowest BCUT2D eigenvalue weighted by Gasteiger charge is -2.12. The summed E-state index contributed by atoms with van der Waals surface area (Å²) in [7, 11) is -3.20. The van der Waals surface area contributed by atoms with Crippen molar-refractivity contribution >= 4 is 39.8 Å². The average Bonchev–Trinajstić information content (AvgIpc) is 2.73. The molecule has 0 saturated carbocycles. The summed E-state index contributed by atoms with van der Waals surface area (Å²) < 4.78 is 29.2. The van der Waals surface area contributed by atoms with Crippen LogP contribution in [0.25, 0.3) is 0 Å². The number of sulfone groups is 1. The van der Waals surface area contributed by atoms with Crippen molar-refractivity contribution in [3.63, 3.8) is 0 Å². The number of aryl methyl sites for hydroxylation is 1. The van der Waals surface area contributed by atoms with Gasteiger partial charge in [-0.15, -0.1) is 24.0 Å². The lowest BCUT2D eigenvalue weighted by atomic mass is 10.1. The third-order valence-corrected chi connectivity index (χ3v) is 6.05. The highest BCUT2D eigenvalue weighted by Gasteiger charge is 2.10. The number of nitrogens with one attached hydrogen (secondary N) is 2. The summed E-state index contributed by atoms with van der Waals surface area (Å²) >= 11 is 0. The summed E-state index contributed by atoms with van der Waals surface area (Å²) in [6, 6.07) is 15.7. The summed E-state index contributed by atoms with van der Waals surface area (Å²) in [6.07, 6.45) is 4.17. The second kappa shape index (κ2) is 15.2. The maximum atomic E-state index is 11.8. The van der Waals surface area contributed by atoms with Gasteiger partial charge >= 0.3 is 0 Å². The van der Waals surface area contributed by atoms with E-state index in [9.17, 15) is 8.42 Å². The zero-order valence-electron chi connectivity index (χ0n) is 19.3. The maximum absolute atomic E-state index is 11.8. The van der Waals surface area contributed by atoms with Gasteiger partial charge in [-0.1, -0.05) is 42.5 Å². The molecule has 2 aromatic rings. The topological polar surface area (TPSA) is 79.8 Å². The van der Waals surface area contributed by atoms with Crippen molar-refractivity contribution < 1.29 is 13.2 Å². The molecule has 0 aromatic heterocycles. The Balaban J connectivity index is 0.00000512. The second-order valence-corrected chi connectivity index (χ2v) is 9.53. The van der Waals surface area contributed by atoms with E-state index in [4.69, 9.17) is 4.74 Å². The van der Waals surface area contributed by atoms with Crippen LogP contribution in [-0.4, -0.2) is 46.9 Å². The summed E-state index contributed by atoms with van der Waals surface area (Å²) in [5, 5.41) is 6.59. The minimum Gasteiger partial charge on any atom is -0.381 e. The quantitative estimate of drug-likeness (QED) is 0.173. The van der Waals surface area contributed by atoms with Crippen molar-refractivity contribution in [2.45, 2.75) is 44.6 Å². The predicted octanol–water partition coefficient (Wildman–Crippen LogP) is 4.11. The van der Waals surface area contributed by atoms with Crippen LogP contribution in [0, 0.1) is 6.92 Å². The Bertz CT molecular complexity index is 935. The van der Waals surface area contributed by atoms with Gasteiger partial charge in [0.15, 0.2) is 15.8 Å². The minimum absolute atomic E-state index is 0. The molecule has 6 nitrogen and oxygen atoms in total.